The quantitative estimate of drug-likeness (QED) is 0.544. The number of hydrogen-bond acceptors (Lipinski definition) is 6. The van der Waals surface area contributed by atoms with E-state index < -0.39 is 5.97 Å². The highest BCUT2D eigenvalue weighted by Crippen LogP contribution is 2.19. The third kappa shape index (κ3) is 3.16. The number of benzene rings is 1. The first-order valence-corrected chi connectivity index (χ1v) is 6.70. The molecule has 0 saturated heterocycles. The van der Waals surface area contributed by atoms with Crippen LogP contribution in [0.4, 0.5) is 0 Å². The summed E-state index contributed by atoms with van der Waals surface area (Å²) in [4.78, 5) is 24.0. The van der Waals surface area contributed by atoms with Crippen LogP contribution in [-0.2, 0) is 4.79 Å². The standard InChI is InChI=1S/C17H12O6/c1-20-12-5-6-13-14(9-12)22-10-11(17(13)19)4-7-15(18)23-16-3-2-8-21-16/h2-10H,1H3/b7-4+. The van der Waals surface area contributed by atoms with Crippen LogP contribution in [0.1, 0.15) is 5.56 Å². The number of rotatable bonds is 4. The van der Waals surface area contributed by atoms with Gasteiger partial charge >= 0.3 is 5.97 Å². The summed E-state index contributed by atoms with van der Waals surface area (Å²) in [6.07, 6.45) is 5.13. The number of furan rings is 1. The lowest BCUT2D eigenvalue weighted by molar-refractivity contribution is -0.130. The minimum absolute atomic E-state index is 0.0808. The third-order valence-electron chi connectivity index (χ3n) is 3.10. The second-order valence-electron chi connectivity index (χ2n) is 4.57. The lowest BCUT2D eigenvalue weighted by Crippen LogP contribution is -2.07. The normalized spacial score (nSPS) is 11.0. The topological polar surface area (TPSA) is 78.9 Å². The van der Waals surface area contributed by atoms with Crippen molar-refractivity contribution in [1.29, 1.82) is 0 Å². The van der Waals surface area contributed by atoms with E-state index in [-0.39, 0.29) is 16.9 Å². The second-order valence-corrected chi connectivity index (χ2v) is 4.57. The molecule has 1 aromatic carbocycles. The van der Waals surface area contributed by atoms with E-state index in [2.05, 4.69) is 0 Å². The van der Waals surface area contributed by atoms with E-state index >= 15 is 0 Å². The van der Waals surface area contributed by atoms with Crippen LogP contribution in [0.2, 0.25) is 0 Å². The van der Waals surface area contributed by atoms with Gasteiger partial charge in [-0.05, 0) is 24.3 Å². The summed E-state index contributed by atoms with van der Waals surface area (Å²) in [5.74, 6) is 0.0115. The van der Waals surface area contributed by atoms with E-state index in [1.54, 1.807) is 24.3 Å². The molecule has 0 bridgehead atoms. The zero-order chi connectivity index (χ0) is 16.2. The molecule has 0 amide bonds. The molecule has 0 aliphatic rings. The molecule has 0 unspecified atom stereocenters. The highest BCUT2D eigenvalue weighted by atomic mass is 16.6. The van der Waals surface area contributed by atoms with Crippen molar-refractivity contribution in [3.63, 3.8) is 0 Å². The zero-order valence-corrected chi connectivity index (χ0v) is 12.1. The molecule has 0 spiro atoms. The number of carbonyl (C=O) groups is 1. The number of hydrogen-bond donors (Lipinski definition) is 0. The van der Waals surface area contributed by atoms with Gasteiger partial charge in [-0.15, -0.1) is 0 Å². The van der Waals surface area contributed by atoms with Crippen LogP contribution in [0, 0.1) is 0 Å². The summed E-state index contributed by atoms with van der Waals surface area (Å²) in [7, 11) is 1.53. The Hall–Kier alpha value is -3.28. The van der Waals surface area contributed by atoms with E-state index in [1.165, 1.54) is 31.8 Å². The van der Waals surface area contributed by atoms with Gasteiger partial charge in [-0.3, -0.25) is 4.79 Å². The van der Waals surface area contributed by atoms with Gasteiger partial charge < -0.3 is 18.3 Å². The molecule has 0 atom stereocenters. The van der Waals surface area contributed by atoms with Gasteiger partial charge in [0.15, 0.2) is 5.43 Å². The molecule has 6 heteroatoms. The predicted octanol–water partition coefficient (Wildman–Crippen LogP) is 3.01. The molecule has 0 saturated carbocycles. The molecule has 0 N–H and O–H groups in total. The van der Waals surface area contributed by atoms with Crippen molar-refractivity contribution in [1.82, 2.24) is 0 Å². The first-order valence-electron chi connectivity index (χ1n) is 6.70. The lowest BCUT2D eigenvalue weighted by atomic mass is 10.1. The molecule has 0 fully saturated rings. The smallest absolute Gasteiger partial charge is 0.338 e. The molecule has 2 aromatic heterocycles. The van der Waals surface area contributed by atoms with Crippen LogP contribution in [0.5, 0.6) is 11.7 Å². The van der Waals surface area contributed by atoms with E-state index in [9.17, 15) is 9.59 Å². The van der Waals surface area contributed by atoms with Gasteiger partial charge in [-0.25, -0.2) is 4.79 Å². The second kappa shape index (κ2) is 6.23. The molecule has 0 radical (unpaired) electrons. The number of ether oxygens (including phenoxy) is 2. The first-order chi connectivity index (χ1) is 11.2. The molecule has 0 aliphatic heterocycles. The van der Waals surface area contributed by atoms with Crippen LogP contribution in [0.3, 0.4) is 0 Å². The summed E-state index contributed by atoms with van der Waals surface area (Å²) < 4.78 is 20.3. The zero-order valence-electron chi connectivity index (χ0n) is 12.1. The van der Waals surface area contributed by atoms with Crippen molar-refractivity contribution in [3.05, 3.63) is 64.7 Å². The van der Waals surface area contributed by atoms with Crippen LogP contribution in [0.25, 0.3) is 17.0 Å². The maximum Gasteiger partial charge on any atom is 0.338 e. The predicted molar refractivity (Wildman–Crippen MR) is 82.4 cm³/mol. The highest BCUT2D eigenvalue weighted by Gasteiger charge is 2.07. The summed E-state index contributed by atoms with van der Waals surface area (Å²) in [5, 5.41) is 0.396. The van der Waals surface area contributed by atoms with Gasteiger partial charge in [0.2, 0.25) is 0 Å². The van der Waals surface area contributed by atoms with Gasteiger partial charge in [-0.1, -0.05) is 0 Å². The molecule has 3 rings (SSSR count). The number of methoxy groups -OCH3 is 1. The Bertz CT molecular complexity index is 918. The number of esters is 1. The highest BCUT2D eigenvalue weighted by molar-refractivity contribution is 5.89. The Morgan fingerprint density at radius 1 is 1.22 bits per heavy atom. The summed E-state index contributed by atoms with van der Waals surface area (Å²) in [6.45, 7) is 0. The van der Waals surface area contributed by atoms with E-state index in [0.29, 0.717) is 16.7 Å². The summed E-state index contributed by atoms with van der Waals surface area (Å²) >= 11 is 0. The maximum absolute atomic E-state index is 12.3. The average molecular weight is 312 g/mol. The summed E-state index contributed by atoms with van der Waals surface area (Å²) in [5.41, 5.74) is 0.389. The van der Waals surface area contributed by atoms with Gasteiger partial charge in [0, 0.05) is 18.2 Å². The van der Waals surface area contributed by atoms with Crippen molar-refractivity contribution in [2.45, 2.75) is 0 Å². The monoisotopic (exact) mass is 312 g/mol. The summed E-state index contributed by atoms with van der Waals surface area (Å²) in [6, 6.07) is 7.99. The van der Waals surface area contributed by atoms with Crippen LogP contribution >= 0.6 is 0 Å². The van der Waals surface area contributed by atoms with Crippen molar-refractivity contribution in [3.8, 4) is 11.7 Å². The lowest BCUT2D eigenvalue weighted by Gasteiger charge is -2.02. The Morgan fingerprint density at radius 3 is 2.83 bits per heavy atom. The molecule has 3 aromatic rings. The molecular weight excluding hydrogens is 300 g/mol. The van der Waals surface area contributed by atoms with Gasteiger partial charge in [0.25, 0.3) is 5.95 Å². The Balaban J connectivity index is 1.85. The van der Waals surface area contributed by atoms with Crippen LogP contribution in [-0.4, -0.2) is 13.1 Å². The Morgan fingerprint density at radius 2 is 2.09 bits per heavy atom. The van der Waals surface area contributed by atoms with Crippen LogP contribution in [0.15, 0.2) is 62.6 Å². The molecule has 6 nitrogen and oxygen atoms in total. The minimum Gasteiger partial charge on any atom is -0.497 e. The minimum atomic E-state index is -0.658. The Kier molecular flexibility index (Phi) is 3.97. The van der Waals surface area contributed by atoms with Crippen LogP contribution < -0.4 is 14.9 Å². The molecule has 0 aliphatic carbocycles. The maximum atomic E-state index is 12.3. The largest absolute Gasteiger partial charge is 0.497 e. The molecular formula is C17H12O6. The van der Waals surface area contributed by atoms with E-state index in [1.807, 2.05) is 0 Å². The van der Waals surface area contributed by atoms with E-state index in [0.717, 1.165) is 6.08 Å². The third-order valence-corrected chi connectivity index (χ3v) is 3.10. The molecule has 2 heterocycles. The fourth-order valence-electron chi connectivity index (χ4n) is 1.98. The van der Waals surface area contributed by atoms with Crippen molar-refractivity contribution >= 4 is 23.0 Å². The molecule has 23 heavy (non-hydrogen) atoms. The average Bonchev–Trinajstić information content (AvgIpc) is 3.06. The van der Waals surface area contributed by atoms with Crippen molar-refractivity contribution in [2.75, 3.05) is 7.11 Å². The SMILES string of the molecule is COc1ccc2c(=O)c(/C=C/C(=O)Oc3ccco3)coc2c1. The first kappa shape index (κ1) is 14.6. The van der Waals surface area contributed by atoms with E-state index in [4.69, 9.17) is 18.3 Å². The van der Waals surface area contributed by atoms with Gasteiger partial charge in [0.05, 0.1) is 24.3 Å². The van der Waals surface area contributed by atoms with Gasteiger partial charge in [-0.2, -0.15) is 0 Å². The Labute approximate surface area is 130 Å². The van der Waals surface area contributed by atoms with Crippen molar-refractivity contribution < 1.29 is 23.1 Å². The number of carbonyl (C=O) groups excluding carboxylic acids is 1. The number of fused-ring (bicyclic) bond motifs is 1. The molecule has 116 valence electrons. The van der Waals surface area contributed by atoms with Gasteiger partial charge in [0.1, 0.15) is 17.6 Å². The fraction of sp³-hybridized carbons (Fsp3) is 0.0588. The fourth-order valence-corrected chi connectivity index (χ4v) is 1.98. The van der Waals surface area contributed by atoms with Crippen molar-refractivity contribution in [2.24, 2.45) is 0 Å².